The van der Waals surface area contributed by atoms with Gasteiger partial charge in [-0.25, -0.2) is 0 Å². The summed E-state index contributed by atoms with van der Waals surface area (Å²) in [6, 6.07) is 0.0286. The fourth-order valence-electron chi connectivity index (χ4n) is 2.52. The number of rotatable bonds is 4. The molecule has 1 rings (SSSR count). The van der Waals surface area contributed by atoms with Crippen molar-refractivity contribution in [3.8, 4) is 0 Å². The number of nitrogens with two attached hydrogens (primary N) is 1. The molecule has 1 nitrogen and oxygen atoms in total. The minimum atomic E-state index is -4.02. The van der Waals surface area contributed by atoms with Gasteiger partial charge >= 0.3 is 6.18 Å². The lowest BCUT2D eigenvalue weighted by molar-refractivity contribution is -0.184. The van der Waals surface area contributed by atoms with Crippen LogP contribution in [-0.2, 0) is 0 Å². The number of halogens is 3. The van der Waals surface area contributed by atoms with Gasteiger partial charge < -0.3 is 5.73 Å². The maximum absolute atomic E-state index is 12.5. The molecule has 17 heavy (non-hydrogen) atoms. The van der Waals surface area contributed by atoms with Crippen LogP contribution in [0.5, 0.6) is 0 Å². The highest BCUT2D eigenvalue weighted by Crippen LogP contribution is 2.40. The van der Waals surface area contributed by atoms with E-state index in [0.29, 0.717) is 12.8 Å². The van der Waals surface area contributed by atoms with Crippen LogP contribution in [0, 0.1) is 11.8 Å². The van der Waals surface area contributed by atoms with Gasteiger partial charge in [0.15, 0.2) is 0 Å². The lowest BCUT2D eigenvalue weighted by Crippen LogP contribution is -2.36. The van der Waals surface area contributed by atoms with E-state index in [1.54, 1.807) is 0 Å². The SMILES string of the molecule is C=C(C)CCC(N)C1CCC(C(F)(F)F)CC1. The van der Waals surface area contributed by atoms with Crippen molar-refractivity contribution in [2.75, 3.05) is 0 Å². The summed E-state index contributed by atoms with van der Waals surface area (Å²) in [5.41, 5.74) is 7.12. The van der Waals surface area contributed by atoms with Crippen molar-refractivity contribution in [1.82, 2.24) is 0 Å². The minimum absolute atomic E-state index is 0.0286. The molecule has 0 saturated heterocycles. The Hall–Kier alpha value is -0.510. The average Bonchev–Trinajstić information content (AvgIpc) is 2.25. The number of hydrogen-bond donors (Lipinski definition) is 1. The molecule has 1 atom stereocenters. The summed E-state index contributed by atoms with van der Waals surface area (Å²) >= 11 is 0. The van der Waals surface area contributed by atoms with Crippen molar-refractivity contribution < 1.29 is 13.2 Å². The van der Waals surface area contributed by atoms with Crippen LogP contribution in [0.3, 0.4) is 0 Å². The summed E-state index contributed by atoms with van der Waals surface area (Å²) in [6.45, 7) is 5.76. The molecule has 0 aromatic carbocycles. The second kappa shape index (κ2) is 5.89. The lowest BCUT2D eigenvalue weighted by Gasteiger charge is -2.33. The fourth-order valence-corrected chi connectivity index (χ4v) is 2.52. The molecule has 0 aromatic rings. The van der Waals surface area contributed by atoms with Crippen LogP contribution in [0.1, 0.15) is 45.4 Å². The van der Waals surface area contributed by atoms with Gasteiger partial charge in [-0.15, -0.1) is 6.58 Å². The van der Waals surface area contributed by atoms with E-state index in [0.717, 1.165) is 18.4 Å². The molecule has 1 unspecified atom stereocenters. The first-order valence-corrected chi connectivity index (χ1v) is 6.27. The molecule has 4 heteroatoms. The van der Waals surface area contributed by atoms with Crippen molar-refractivity contribution >= 4 is 0 Å². The highest BCUT2D eigenvalue weighted by Gasteiger charge is 2.41. The minimum Gasteiger partial charge on any atom is -0.327 e. The van der Waals surface area contributed by atoms with Gasteiger partial charge in [-0.2, -0.15) is 13.2 Å². The van der Waals surface area contributed by atoms with Gasteiger partial charge in [0.25, 0.3) is 0 Å². The quantitative estimate of drug-likeness (QED) is 0.748. The van der Waals surface area contributed by atoms with E-state index < -0.39 is 12.1 Å². The molecule has 0 radical (unpaired) electrons. The van der Waals surface area contributed by atoms with Gasteiger partial charge in [0.1, 0.15) is 0 Å². The van der Waals surface area contributed by atoms with Crippen molar-refractivity contribution in [2.24, 2.45) is 17.6 Å². The van der Waals surface area contributed by atoms with Gasteiger partial charge in [-0.05, 0) is 51.4 Å². The largest absolute Gasteiger partial charge is 0.391 e. The Bertz CT molecular complexity index is 252. The molecular weight excluding hydrogens is 227 g/mol. The number of hydrogen-bond acceptors (Lipinski definition) is 1. The maximum atomic E-state index is 12.5. The van der Waals surface area contributed by atoms with Crippen LogP contribution in [0.2, 0.25) is 0 Å². The fraction of sp³-hybridized carbons (Fsp3) is 0.846. The Morgan fingerprint density at radius 1 is 1.29 bits per heavy atom. The van der Waals surface area contributed by atoms with Crippen molar-refractivity contribution in [3.05, 3.63) is 12.2 Å². The van der Waals surface area contributed by atoms with Gasteiger partial charge in [0.05, 0.1) is 5.92 Å². The predicted molar refractivity (Wildman–Crippen MR) is 63.5 cm³/mol. The monoisotopic (exact) mass is 249 g/mol. The Labute approximate surface area is 101 Å². The van der Waals surface area contributed by atoms with E-state index in [9.17, 15) is 13.2 Å². The number of allylic oxidation sites excluding steroid dienone is 1. The summed E-state index contributed by atoms with van der Waals surface area (Å²) in [5, 5.41) is 0. The van der Waals surface area contributed by atoms with Crippen molar-refractivity contribution in [2.45, 2.75) is 57.7 Å². The molecule has 0 amide bonds. The molecule has 0 aromatic heterocycles. The molecule has 2 N–H and O–H groups in total. The zero-order valence-electron chi connectivity index (χ0n) is 10.4. The normalized spacial score (nSPS) is 27.8. The molecule has 1 aliphatic carbocycles. The zero-order chi connectivity index (χ0) is 13.1. The molecule has 0 bridgehead atoms. The van der Waals surface area contributed by atoms with Crippen LogP contribution in [-0.4, -0.2) is 12.2 Å². The van der Waals surface area contributed by atoms with E-state index in [1.807, 2.05) is 6.92 Å². The van der Waals surface area contributed by atoms with Gasteiger partial charge in [0.2, 0.25) is 0 Å². The Morgan fingerprint density at radius 3 is 2.24 bits per heavy atom. The molecule has 0 aliphatic heterocycles. The molecule has 1 fully saturated rings. The van der Waals surface area contributed by atoms with E-state index in [1.165, 1.54) is 0 Å². The van der Waals surface area contributed by atoms with Gasteiger partial charge in [-0.1, -0.05) is 5.57 Å². The molecule has 1 aliphatic rings. The Balaban J connectivity index is 2.33. The van der Waals surface area contributed by atoms with Crippen LogP contribution < -0.4 is 5.73 Å². The third-order valence-electron chi connectivity index (χ3n) is 3.74. The summed E-state index contributed by atoms with van der Waals surface area (Å²) in [7, 11) is 0. The first-order chi connectivity index (χ1) is 7.80. The average molecular weight is 249 g/mol. The number of alkyl halides is 3. The molecule has 0 heterocycles. The Kier molecular flexibility index (Phi) is 5.04. The van der Waals surface area contributed by atoms with E-state index in [2.05, 4.69) is 6.58 Å². The van der Waals surface area contributed by atoms with E-state index in [-0.39, 0.29) is 24.8 Å². The third-order valence-corrected chi connectivity index (χ3v) is 3.74. The standard InChI is InChI=1S/C13H22F3N/c1-9(2)3-8-12(17)10-4-6-11(7-5-10)13(14,15)16/h10-12H,1,3-8,17H2,2H3. The highest BCUT2D eigenvalue weighted by molar-refractivity contribution is 4.91. The lowest BCUT2D eigenvalue weighted by atomic mass is 9.77. The maximum Gasteiger partial charge on any atom is 0.391 e. The van der Waals surface area contributed by atoms with Crippen LogP contribution in [0.4, 0.5) is 13.2 Å². The smallest absolute Gasteiger partial charge is 0.327 e. The van der Waals surface area contributed by atoms with E-state index >= 15 is 0 Å². The molecular formula is C13H22F3N. The van der Waals surface area contributed by atoms with E-state index in [4.69, 9.17) is 5.73 Å². The van der Waals surface area contributed by atoms with Crippen molar-refractivity contribution in [1.29, 1.82) is 0 Å². The first kappa shape index (κ1) is 14.6. The first-order valence-electron chi connectivity index (χ1n) is 6.27. The summed E-state index contributed by atoms with van der Waals surface area (Å²) in [4.78, 5) is 0. The summed E-state index contributed by atoms with van der Waals surface area (Å²) in [5.74, 6) is -0.847. The Morgan fingerprint density at radius 2 is 1.82 bits per heavy atom. The topological polar surface area (TPSA) is 26.0 Å². The van der Waals surface area contributed by atoms with Crippen LogP contribution in [0.25, 0.3) is 0 Å². The van der Waals surface area contributed by atoms with Crippen LogP contribution in [0.15, 0.2) is 12.2 Å². The van der Waals surface area contributed by atoms with Gasteiger partial charge in [-0.3, -0.25) is 0 Å². The second-order valence-corrected chi connectivity index (χ2v) is 5.31. The van der Waals surface area contributed by atoms with Gasteiger partial charge in [0, 0.05) is 6.04 Å². The zero-order valence-corrected chi connectivity index (χ0v) is 10.4. The molecule has 1 saturated carbocycles. The summed E-state index contributed by atoms with van der Waals surface area (Å²) in [6.07, 6.45) is -0.587. The second-order valence-electron chi connectivity index (χ2n) is 5.31. The molecule has 0 spiro atoms. The van der Waals surface area contributed by atoms with Crippen LogP contribution >= 0.6 is 0 Å². The summed E-state index contributed by atoms with van der Waals surface area (Å²) < 4.78 is 37.4. The third kappa shape index (κ3) is 4.70. The van der Waals surface area contributed by atoms with Crippen molar-refractivity contribution in [3.63, 3.8) is 0 Å². The predicted octanol–water partition coefficient (Wildman–Crippen LogP) is 4.04. The highest BCUT2D eigenvalue weighted by atomic mass is 19.4. The molecule has 100 valence electrons.